The fourth-order valence-electron chi connectivity index (χ4n) is 3.47. The molecular formula is C17H33NO3. The van der Waals surface area contributed by atoms with E-state index in [0.29, 0.717) is 11.3 Å². The van der Waals surface area contributed by atoms with E-state index < -0.39 is 11.7 Å². The molecule has 1 amide bonds. The Morgan fingerprint density at radius 3 is 2.29 bits per heavy atom. The Bertz CT molecular complexity index is 323. The quantitative estimate of drug-likeness (QED) is 0.828. The van der Waals surface area contributed by atoms with Crippen molar-refractivity contribution in [2.45, 2.75) is 84.8 Å². The van der Waals surface area contributed by atoms with Gasteiger partial charge >= 0.3 is 6.09 Å². The van der Waals surface area contributed by atoms with Crippen molar-refractivity contribution in [2.75, 3.05) is 6.61 Å². The highest BCUT2D eigenvalue weighted by atomic mass is 16.6. The van der Waals surface area contributed by atoms with Gasteiger partial charge in [-0.25, -0.2) is 4.79 Å². The van der Waals surface area contributed by atoms with Gasteiger partial charge < -0.3 is 15.2 Å². The summed E-state index contributed by atoms with van der Waals surface area (Å²) in [6.45, 7) is 9.51. The SMILES string of the molecule is CC.CC(C)(C)OC(=O)N[C@@H](CO)CC1CC2(CCC2)C1. The maximum Gasteiger partial charge on any atom is 0.407 e. The summed E-state index contributed by atoms with van der Waals surface area (Å²) in [5.74, 6) is 0.660. The van der Waals surface area contributed by atoms with Crippen LogP contribution in [-0.2, 0) is 4.74 Å². The first-order valence-electron chi connectivity index (χ1n) is 8.42. The van der Waals surface area contributed by atoms with Gasteiger partial charge in [-0.05, 0) is 64.2 Å². The molecule has 2 N–H and O–H groups in total. The zero-order valence-electron chi connectivity index (χ0n) is 14.4. The number of carbonyl (C=O) groups excluding carboxylic acids is 1. The van der Waals surface area contributed by atoms with Crippen molar-refractivity contribution < 1.29 is 14.6 Å². The summed E-state index contributed by atoms with van der Waals surface area (Å²) >= 11 is 0. The lowest BCUT2D eigenvalue weighted by atomic mass is 9.51. The number of carbonyl (C=O) groups is 1. The second kappa shape index (κ2) is 7.48. The number of hydrogen-bond donors (Lipinski definition) is 2. The van der Waals surface area contributed by atoms with Gasteiger partial charge in [0.05, 0.1) is 12.6 Å². The van der Waals surface area contributed by atoms with Crippen LogP contribution in [0.3, 0.4) is 0 Å². The molecule has 0 radical (unpaired) electrons. The molecule has 2 aliphatic carbocycles. The summed E-state index contributed by atoms with van der Waals surface area (Å²) in [6.07, 6.45) is 7.15. The molecule has 0 aromatic heterocycles. The van der Waals surface area contributed by atoms with E-state index in [9.17, 15) is 9.90 Å². The molecule has 1 atom stereocenters. The van der Waals surface area contributed by atoms with Crippen LogP contribution in [0.2, 0.25) is 0 Å². The first-order chi connectivity index (χ1) is 9.82. The van der Waals surface area contributed by atoms with E-state index in [2.05, 4.69) is 5.32 Å². The highest BCUT2D eigenvalue weighted by Gasteiger charge is 2.48. The fourth-order valence-corrected chi connectivity index (χ4v) is 3.47. The lowest BCUT2D eigenvalue weighted by Crippen LogP contribution is -2.47. The lowest BCUT2D eigenvalue weighted by molar-refractivity contribution is -0.0340. The largest absolute Gasteiger partial charge is 0.444 e. The third kappa shape index (κ3) is 5.50. The van der Waals surface area contributed by atoms with E-state index in [0.717, 1.165) is 6.42 Å². The molecule has 2 saturated carbocycles. The maximum absolute atomic E-state index is 11.7. The fraction of sp³-hybridized carbons (Fsp3) is 0.941. The predicted molar refractivity (Wildman–Crippen MR) is 85.2 cm³/mol. The molecule has 0 aromatic rings. The second-order valence-corrected chi connectivity index (χ2v) is 7.39. The molecule has 21 heavy (non-hydrogen) atoms. The van der Waals surface area contributed by atoms with Crippen LogP contribution in [-0.4, -0.2) is 29.4 Å². The topological polar surface area (TPSA) is 58.6 Å². The average Bonchev–Trinajstić information content (AvgIpc) is 2.29. The van der Waals surface area contributed by atoms with E-state index in [1.54, 1.807) is 0 Å². The minimum atomic E-state index is -0.490. The number of aliphatic hydroxyl groups is 1. The molecule has 0 aliphatic heterocycles. The first-order valence-corrected chi connectivity index (χ1v) is 8.42. The average molecular weight is 299 g/mol. The Balaban J connectivity index is 0.00000106. The molecule has 0 aromatic carbocycles. The van der Waals surface area contributed by atoms with Crippen LogP contribution in [0.25, 0.3) is 0 Å². The number of nitrogens with one attached hydrogen (secondary N) is 1. The summed E-state index contributed by atoms with van der Waals surface area (Å²) in [5, 5.41) is 12.1. The molecule has 4 nitrogen and oxygen atoms in total. The Morgan fingerprint density at radius 2 is 1.90 bits per heavy atom. The van der Waals surface area contributed by atoms with Crippen molar-refractivity contribution >= 4 is 6.09 Å². The molecule has 0 bridgehead atoms. The van der Waals surface area contributed by atoms with E-state index in [1.807, 2.05) is 34.6 Å². The number of alkyl carbamates (subject to hydrolysis) is 1. The zero-order chi connectivity index (χ0) is 16.1. The number of rotatable bonds is 4. The van der Waals surface area contributed by atoms with Crippen LogP contribution in [0.1, 0.15) is 73.1 Å². The molecule has 2 aliphatic rings. The standard InChI is InChI=1S/C15H27NO3.C2H6/c1-14(2,3)19-13(18)16-12(10-17)7-11-8-15(9-11)5-4-6-15;1-2/h11-12,17H,4-10H2,1-3H3,(H,16,18);1-2H3/t12-;/m1./s1. The third-order valence-corrected chi connectivity index (χ3v) is 4.42. The van der Waals surface area contributed by atoms with Crippen LogP contribution < -0.4 is 5.32 Å². The smallest absolute Gasteiger partial charge is 0.407 e. The molecule has 4 heteroatoms. The second-order valence-electron chi connectivity index (χ2n) is 7.39. The molecule has 2 fully saturated rings. The monoisotopic (exact) mass is 299 g/mol. The minimum absolute atomic E-state index is 0.0112. The summed E-state index contributed by atoms with van der Waals surface area (Å²) in [7, 11) is 0. The summed E-state index contributed by atoms with van der Waals surface area (Å²) < 4.78 is 5.22. The normalized spacial score (nSPS) is 21.4. The van der Waals surface area contributed by atoms with Gasteiger partial charge in [0.15, 0.2) is 0 Å². The van der Waals surface area contributed by atoms with Crippen LogP contribution in [0, 0.1) is 11.3 Å². The molecule has 0 unspecified atom stereocenters. The van der Waals surface area contributed by atoms with E-state index in [1.165, 1.54) is 32.1 Å². The predicted octanol–water partition coefficient (Wildman–Crippen LogP) is 3.87. The summed E-state index contributed by atoms with van der Waals surface area (Å²) in [6, 6.07) is -0.169. The van der Waals surface area contributed by atoms with Gasteiger partial charge in [0.1, 0.15) is 5.60 Å². The first kappa shape index (κ1) is 18.3. The Morgan fingerprint density at radius 1 is 1.33 bits per heavy atom. The number of aliphatic hydroxyl groups excluding tert-OH is 1. The van der Waals surface area contributed by atoms with Crippen molar-refractivity contribution in [1.29, 1.82) is 0 Å². The Kier molecular flexibility index (Phi) is 6.51. The van der Waals surface area contributed by atoms with Gasteiger partial charge in [-0.15, -0.1) is 0 Å². The molecule has 124 valence electrons. The summed E-state index contributed by atoms with van der Waals surface area (Å²) in [5.41, 5.74) is 0.160. The Labute approximate surface area is 129 Å². The van der Waals surface area contributed by atoms with Crippen LogP contribution in [0.4, 0.5) is 4.79 Å². The molecule has 0 saturated heterocycles. The van der Waals surface area contributed by atoms with E-state index >= 15 is 0 Å². The maximum atomic E-state index is 11.7. The van der Waals surface area contributed by atoms with Crippen molar-refractivity contribution in [3.05, 3.63) is 0 Å². The number of hydrogen-bond acceptors (Lipinski definition) is 3. The van der Waals surface area contributed by atoms with Crippen molar-refractivity contribution in [3.63, 3.8) is 0 Å². The summed E-state index contributed by atoms with van der Waals surface area (Å²) in [4.78, 5) is 11.7. The Hall–Kier alpha value is -0.770. The van der Waals surface area contributed by atoms with Gasteiger partial charge in [0, 0.05) is 0 Å². The molecular weight excluding hydrogens is 266 g/mol. The van der Waals surface area contributed by atoms with Crippen molar-refractivity contribution in [3.8, 4) is 0 Å². The minimum Gasteiger partial charge on any atom is -0.444 e. The van der Waals surface area contributed by atoms with Crippen molar-refractivity contribution in [1.82, 2.24) is 5.32 Å². The van der Waals surface area contributed by atoms with Gasteiger partial charge in [-0.2, -0.15) is 0 Å². The van der Waals surface area contributed by atoms with E-state index in [4.69, 9.17) is 4.74 Å². The highest BCUT2D eigenvalue weighted by molar-refractivity contribution is 5.68. The van der Waals surface area contributed by atoms with Gasteiger partial charge in [0.2, 0.25) is 0 Å². The molecule has 1 spiro atoms. The third-order valence-electron chi connectivity index (χ3n) is 4.42. The number of ether oxygens (including phenoxy) is 1. The zero-order valence-corrected chi connectivity index (χ0v) is 14.4. The van der Waals surface area contributed by atoms with Crippen LogP contribution in [0.15, 0.2) is 0 Å². The molecule has 0 heterocycles. The highest BCUT2D eigenvalue weighted by Crippen LogP contribution is 2.59. The van der Waals surface area contributed by atoms with Crippen molar-refractivity contribution in [2.24, 2.45) is 11.3 Å². The van der Waals surface area contributed by atoms with Gasteiger partial charge in [0.25, 0.3) is 0 Å². The van der Waals surface area contributed by atoms with Gasteiger partial charge in [-0.1, -0.05) is 20.3 Å². The molecule has 2 rings (SSSR count). The van der Waals surface area contributed by atoms with E-state index in [-0.39, 0.29) is 12.6 Å². The van der Waals surface area contributed by atoms with Crippen LogP contribution >= 0.6 is 0 Å². The van der Waals surface area contributed by atoms with Crippen LogP contribution in [0.5, 0.6) is 0 Å². The lowest BCUT2D eigenvalue weighted by Gasteiger charge is -2.55. The van der Waals surface area contributed by atoms with Gasteiger partial charge in [-0.3, -0.25) is 0 Å². The number of amides is 1.